The summed E-state index contributed by atoms with van der Waals surface area (Å²) in [7, 11) is 0. The minimum atomic E-state index is -0.922. The Morgan fingerprint density at radius 1 is 1.20 bits per heavy atom. The molecule has 3 aromatic rings. The number of piperidine rings is 1. The summed E-state index contributed by atoms with van der Waals surface area (Å²) in [6.07, 6.45) is 1.38. The van der Waals surface area contributed by atoms with Crippen molar-refractivity contribution in [2.24, 2.45) is 0 Å². The van der Waals surface area contributed by atoms with Gasteiger partial charge in [0.2, 0.25) is 11.8 Å². The van der Waals surface area contributed by atoms with E-state index in [1.54, 1.807) is 30.4 Å². The highest BCUT2D eigenvalue weighted by Gasteiger charge is 2.25. The van der Waals surface area contributed by atoms with Crippen LogP contribution in [0.2, 0.25) is 0 Å². The van der Waals surface area contributed by atoms with Gasteiger partial charge in [-0.1, -0.05) is 6.07 Å². The molecular formula is C21H20FN3O4S. The van der Waals surface area contributed by atoms with Gasteiger partial charge >= 0.3 is 6.09 Å². The number of benzene rings is 1. The normalized spacial score (nSPS) is 14.5. The molecule has 0 unspecified atom stereocenters. The van der Waals surface area contributed by atoms with Gasteiger partial charge in [0.25, 0.3) is 0 Å². The molecule has 2 aromatic heterocycles. The van der Waals surface area contributed by atoms with Gasteiger partial charge in [0.05, 0.1) is 5.56 Å². The number of amides is 1. The van der Waals surface area contributed by atoms with E-state index < -0.39 is 11.9 Å². The van der Waals surface area contributed by atoms with Crippen LogP contribution in [0.5, 0.6) is 17.5 Å². The van der Waals surface area contributed by atoms with E-state index in [1.165, 1.54) is 17.3 Å². The molecule has 1 saturated heterocycles. The monoisotopic (exact) mass is 429 g/mol. The second-order valence-corrected chi connectivity index (χ2v) is 7.74. The summed E-state index contributed by atoms with van der Waals surface area (Å²) < 4.78 is 26.2. The molecule has 0 atom stereocenters. The Bertz CT molecular complexity index is 1040. The third-order valence-corrected chi connectivity index (χ3v) is 5.66. The van der Waals surface area contributed by atoms with Crippen LogP contribution < -0.4 is 9.47 Å². The van der Waals surface area contributed by atoms with E-state index >= 15 is 0 Å². The Hall–Kier alpha value is -3.20. The van der Waals surface area contributed by atoms with Crippen LogP contribution in [-0.2, 0) is 0 Å². The molecule has 30 heavy (non-hydrogen) atoms. The van der Waals surface area contributed by atoms with Crippen molar-refractivity contribution in [2.75, 3.05) is 13.1 Å². The van der Waals surface area contributed by atoms with Crippen molar-refractivity contribution in [3.63, 3.8) is 0 Å². The quantitative estimate of drug-likeness (QED) is 0.617. The molecule has 156 valence electrons. The van der Waals surface area contributed by atoms with Crippen molar-refractivity contribution >= 4 is 17.4 Å². The van der Waals surface area contributed by atoms with Gasteiger partial charge in [-0.15, -0.1) is 0 Å². The average Bonchev–Trinajstić information content (AvgIpc) is 3.27. The first-order chi connectivity index (χ1) is 14.5. The molecule has 1 N–H and O–H groups in total. The van der Waals surface area contributed by atoms with Gasteiger partial charge in [0.15, 0.2) is 11.6 Å². The summed E-state index contributed by atoms with van der Waals surface area (Å²) in [5.74, 6) is 0.144. The fraction of sp³-hybridized carbons (Fsp3) is 0.286. The van der Waals surface area contributed by atoms with E-state index in [-0.39, 0.29) is 17.7 Å². The lowest BCUT2D eigenvalue weighted by Gasteiger charge is -2.30. The molecule has 9 heteroatoms. The highest BCUT2D eigenvalue weighted by Crippen LogP contribution is 2.32. The van der Waals surface area contributed by atoms with Gasteiger partial charge in [0, 0.05) is 25.9 Å². The molecule has 0 aliphatic carbocycles. The molecule has 3 heterocycles. The van der Waals surface area contributed by atoms with Gasteiger partial charge in [-0.2, -0.15) is 11.3 Å². The van der Waals surface area contributed by atoms with Gasteiger partial charge in [0.1, 0.15) is 12.4 Å². The van der Waals surface area contributed by atoms with Crippen LogP contribution in [0.4, 0.5) is 9.18 Å². The van der Waals surface area contributed by atoms with E-state index in [0.717, 1.165) is 11.1 Å². The number of hydrogen-bond donors (Lipinski definition) is 1. The van der Waals surface area contributed by atoms with Crippen molar-refractivity contribution in [3.8, 4) is 28.6 Å². The number of ether oxygens (including phenoxy) is 2. The van der Waals surface area contributed by atoms with Gasteiger partial charge in [-0.05, 0) is 47.0 Å². The number of carbonyl (C=O) groups is 1. The van der Waals surface area contributed by atoms with Crippen LogP contribution in [0.25, 0.3) is 11.1 Å². The summed E-state index contributed by atoms with van der Waals surface area (Å²) in [5.41, 5.74) is 2.28. The van der Waals surface area contributed by atoms with Crippen LogP contribution in [-0.4, -0.2) is 45.3 Å². The molecular weight excluding hydrogens is 409 g/mol. The second-order valence-electron chi connectivity index (χ2n) is 6.96. The topological polar surface area (TPSA) is 84.8 Å². The fourth-order valence-corrected chi connectivity index (χ4v) is 3.92. The van der Waals surface area contributed by atoms with E-state index in [9.17, 15) is 9.18 Å². The van der Waals surface area contributed by atoms with Crippen molar-refractivity contribution in [1.82, 2.24) is 14.9 Å². The molecule has 0 bridgehead atoms. The number of carboxylic acid groups (broad SMARTS) is 1. The highest BCUT2D eigenvalue weighted by atomic mass is 32.1. The Kier molecular flexibility index (Phi) is 5.80. The third kappa shape index (κ3) is 4.35. The zero-order valence-electron chi connectivity index (χ0n) is 16.2. The minimum Gasteiger partial charge on any atom is -0.474 e. The number of thiophene rings is 1. The van der Waals surface area contributed by atoms with E-state index in [0.29, 0.717) is 37.4 Å². The Morgan fingerprint density at radius 2 is 1.97 bits per heavy atom. The summed E-state index contributed by atoms with van der Waals surface area (Å²) in [6, 6.07) is 6.73. The van der Waals surface area contributed by atoms with Crippen LogP contribution in [0, 0.1) is 12.7 Å². The Labute approximate surface area is 176 Å². The largest absolute Gasteiger partial charge is 0.474 e. The standard InChI is InChI=1S/C21H20FN3O4S/c1-13-19(28-16-4-7-25(8-5-16)21(26)27)23-12-24-20(13)29-18-3-2-14(10-17(18)22)15-6-9-30-11-15/h2-3,6,9-12,16H,4-5,7-8H2,1H3,(H,26,27). The second kappa shape index (κ2) is 8.66. The molecule has 1 amide bonds. The lowest BCUT2D eigenvalue weighted by Crippen LogP contribution is -2.41. The first kappa shape index (κ1) is 20.1. The van der Waals surface area contributed by atoms with Crippen molar-refractivity contribution < 1.29 is 23.8 Å². The molecule has 1 aliphatic rings. The van der Waals surface area contributed by atoms with Gasteiger partial charge in [-0.25, -0.2) is 19.2 Å². The predicted molar refractivity (Wildman–Crippen MR) is 110 cm³/mol. The van der Waals surface area contributed by atoms with Gasteiger partial charge < -0.3 is 19.5 Å². The first-order valence-corrected chi connectivity index (χ1v) is 10.4. The average molecular weight is 429 g/mol. The fourth-order valence-electron chi connectivity index (χ4n) is 3.26. The van der Waals surface area contributed by atoms with Crippen LogP contribution in [0.15, 0.2) is 41.4 Å². The number of hydrogen-bond acceptors (Lipinski definition) is 6. The van der Waals surface area contributed by atoms with Crippen molar-refractivity contribution in [1.29, 1.82) is 0 Å². The maximum absolute atomic E-state index is 14.6. The van der Waals surface area contributed by atoms with Crippen molar-refractivity contribution in [2.45, 2.75) is 25.9 Å². The summed E-state index contributed by atoms with van der Waals surface area (Å²) in [6.45, 7) is 2.57. The van der Waals surface area contributed by atoms with E-state index in [2.05, 4.69) is 9.97 Å². The zero-order valence-corrected chi connectivity index (χ0v) is 17.1. The van der Waals surface area contributed by atoms with Gasteiger partial charge in [-0.3, -0.25) is 0 Å². The molecule has 1 fully saturated rings. The zero-order chi connectivity index (χ0) is 21.1. The Balaban J connectivity index is 1.46. The minimum absolute atomic E-state index is 0.0662. The van der Waals surface area contributed by atoms with E-state index in [1.807, 2.05) is 16.8 Å². The molecule has 0 saturated carbocycles. The summed E-state index contributed by atoms with van der Waals surface area (Å²) in [4.78, 5) is 20.7. The molecule has 7 nitrogen and oxygen atoms in total. The number of rotatable bonds is 5. The number of aromatic nitrogens is 2. The lowest BCUT2D eigenvalue weighted by molar-refractivity contribution is 0.0864. The maximum atomic E-state index is 14.6. The first-order valence-electron chi connectivity index (χ1n) is 9.47. The van der Waals surface area contributed by atoms with Crippen molar-refractivity contribution in [3.05, 3.63) is 52.7 Å². The number of halogens is 1. The third-order valence-electron chi connectivity index (χ3n) is 4.98. The molecule has 1 aromatic carbocycles. The van der Waals surface area contributed by atoms with Crippen LogP contribution in [0.1, 0.15) is 18.4 Å². The smallest absolute Gasteiger partial charge is 0.407 e. The molecule has 1 aliphatic heterocycles. The number of likely N-dealkylation sites (tertiary alicyclic amines) is 1. The predicted octanol–water partition coefficient (Wildman–Crippen LogP) is 4.97. The maximum Gasteiger partial charge on any atom is 0.407 e. The SMILES string of the molecule is Cc1c(Oc2ccc(-c3ccsc3)cc2F)ncnc1OC1CCN(C(=O)O)CC1. The highest BCUT2D eigenvalue weighted by molar-refractivity contribution is 7.08. The van der Waals surface area contributed by atoms with E-state index in [4.69, 9.17) is 14.6 Å². The molecule has 0 radical (unpaired) electrons. The summed E-state index contributed by atoms with van der Waals surface area (Å²) >= 11 is 1.55. The lowest BCUT2D eigenvalue weighted by atomic mass is 10.1. The number of nitrogens with zero attached hydrogens (tertiary/aromatic N) is 3. The van der Waals surface area contributed by atoms with Crippen LogP contribution >= 0.6 is 11.3 Å². The molecule has 4 rings (SSSR count). The van der Waals surface area contributed by atoms with Crippen LogP contribution in [0.3, 0.4) is 0 Å². The molecule has 0 spiro atoms. The Morgan fingerprint density at radius 3 is 2.63 bits per heavy atom. The summed E-state index contributed by atoms with van der Waals surface area (Å²) in [5, 5.41) is 12.9.